The molecular formula is C35H47N11O4. The number of nitrogens with one attached hydrogen (secondary N) is 1. The number of rotatable bonds is 14. The molecule has 0 bridgehead atoms. The molecule has 4 heterocycles. The number of aromatic nitrogens is 8. The van der Waals surface area contributed by atoms with Crippen LogP contribution >= 0.6 is 0 Å². The van der Waals surface area contributed by atoms with Gasteiger partial charge in [-0.25, -0.2) is 14.6 Å². The van der Waals surface area contributed by atoms with Crippen molar-refractivity contribution < 1.29 is 18.9 Å². The van der Waals surface area contributed by atoms with Gasteiger partial charge in [-0.15, -0.1) is 10.2 Å². The van der Waals surface area contributed by atoms with E-state index in [4.69, 9.17) is 24.0 Å². The fraction of sp³-hybridized carbons (Fsp3) is 0.571. The summed E-state index contributed by atoms with van der Waals surface area (Å²) >= 11 is 0. The highest BCUT2D eigenvalue weighted by Gasteiger charge is 2.32. The number of tetrazole rings is 1. The van der Waals surface area contributed by atoms with Crippen LogP contribution in [-0.4, -0.2) is 103 Å². The van der Waals surface area contributed by atoms with Crippen LogP contribution in [0.25, 0.3) is 11.1 Å². The summed E-state index contributed by atoms with van der Waals surface area (Å²) < 4.78 is 27.2. The largest absolute Gasteiger partial charge is 0.487 e. The lowest BCUT2D eigenvalue weighted by Crippen LogP contribution is -2.51. The minimum absolute atomic E-state index is 0.200. The summed E-state index contributed by atoms with van der Waals surface area (Å²) in [6.45, 7) is 11.8. The molecule has 1 aromatic carbocycles. The van der Waals surface area contributed by atoms with Gasteiger partial charge in [-0.3, -0.25) is 9.58 Å². The van der Waals surface area contributed by atoms with E-state index in [9.17, 15) is 5.26 Å². The van der Waals surface area contributed by atoms with Crippen LogP contribution in [0.1, 0.15) is 65.0 Å². The zero-order valence-corrected chi connectivity index (χ0v) is 29.5. The molecule has 0 amide bonds. The molecular weight excluding hydrogens is 638 g/mol. The lowest BCUT2D eigenvalue weighted by Gasteiger charge is -2.42. The lowest BCUT2D eigenvalue weighted by molar-refractivity contribution is -0.0852. The van der Waals surface area contributed by atoms with E-state index >= 15 is 0 Å². The van der Waals surface area contributed by atoms with Gasteiger partial charge in [-0.2, -0.15) is 5.26 Å². The third-order valence-electron chi connectivity index (χ3n) is 9.16. The molecule has 1 N–H and O–H groups in total. The van der Waals surface area contributed by atoms with E-state index < -0.39 is 0 Å². The number of hydrogen-bond acceptors (Lipinski definition) is 13. The average Bonchev–Trinajstić information content (AvgIpc) is 3.77. The Kier molecular flexibility index (Phi) is 11.5. The minimum Gasteiger partial charge on any atom is -0.487 e. The highest BCUT2D eigenvalue weighted by atomic mass is 16.5. The molecule has 1 saturated carbocycles. The third kappa shape index (κ3) is 8.92. The molecule has 1 aliphatic carbocycles. The van der Waals surface area contributed by atoms with Crippen molar-refractivity contribution in [2.45, 2.75) is 90.3 Å². The molecule has 0 radical (unpaired) electrons. The quantitative estimate of drug-likeness (QED) is 0.195. The number of nitriles is 1. The first kappa shape index (κ1) is 35.2. The Hall–Kier alpha value is -4.65. The monoisotopic (exact) mass is 685 g/mol. The number of anilines is 2. The first-order chi connectivity index (χ1) is 24.3. The molecule has 15 nitrogen and oxygen atoms in total. The lowest BCUT2D eigenvalue weighted by atomic mass is 9.89. The predicted octanol–water partition coefficient (Wildman–Crippen LogP) is 4.66. The highest BCUT2D eigenvalue weighted by molar-refractivity contribution is 5.67. The first-order valence-electron chi connectivity index (χ1n) is 17.4. The topological polar surface area (TPSA) is 163 Å². The van der Waals surface area contributed by atoms with Gasteiger partial charge in [0.25, 0.3) is 5.88 Å². The summed E-state index contributed by atoms with van der Waals surface area (Å²) in [6, 6.07) is 8.48. The molecule has 266 valence electrons. The molecule has 4 aromatic rings. The summed E-state index contributed by atoms with van der Waals surface area (Å²) in [5.41, 5.74) is 2.74. The number of methoxy groups -OCH3 is 1. The molecule has 1 aliphatic heterocycles. The van der Waals surface area contributed by atoms with Crippen molar-refractivity contribution >= 4 is 11.6 Å². The van der Waals surface area contributed by atoms with Crippen molar-refractivity contribution in [2.75, 3.05) is 38.7 Å². The summed E-state index contributed by atoms with van der Waals surface area (Å²) in [5.74, 6) is 1.60. The third-order valence-corrected chi connectivity index (χ3v) is 9.16. The number of morpholine rings is 1. The predicted molar refractivity (Wildman–Crippen MR) is 185 cm³/mol. The van der Waals surface area contributed by atoms with Crippen LogP contribution in [0.15, 0.2) is 43.1 Å². The Morgan fingerprint density at radius 1 is 1.02 bits per heavy atom. The maximum atomic E-state index is 9.68. The van der Waals surface area contributed by atoms with E-state index in [-0.39, 0.29) is 30.3 Å². The maximum Gasteiger partial charge on any atom is 0.256 e. The zero-order chi connectivity index (χ0) is 35.0. The van der Waals surface area contributed by atoms with Crippen LogP contribution in [0.4, 0.5) is 11.6 Å². The van der Waals surface area contributed by atoms with Gasteiger partial charge in [0.15, 0.2) is 0 Å². The van der Waals surface area contributed by atoms with Gasteiger partial charge >= 0.3 is 0 Å². The first-order valence-corrected chi connectivity index (χ1v) is 17.4. The molecule has 6 rings (SSSR count). The van der Waals surface area contributed by atoms with Gasteiger partial charge in [-0.05, 0) is 74.6 Å². The second-order valence-corrected chi connectivity index (χ2v) is 13.6. The Morgan fingerprint density at radius 2 is 1.76 bits per heavy atom. The van der Waals surface area contributed by atoms with Gasteiger partial charge in [0.05, 0.1) is 49.8 Å². The maximum absolute atomic E-state index is 9.68. The van der Waals surface area contributed by atoms with E-state index in [0.29, 0.717) is 54.6 Å². The van der Waals surface area contributed by atoms with Crippen molar-refractivity contribution in [3.05, 3.63) is 48.7 Å². The number of nitrogens with zero attached hydrogens (tertiary/aromatic N) is 10. The highest BCUT2D eigenvalue weighted by Crippen LogP contribution is 2.36. The summed E-state index contributed by atoms with van der Waals surface area (Å²) in [4.78, 5) is 11.8. The number of benzene rings is 1. The fourth-order valence-corrected chi connectivity index (χ4v) is 6.85. The van der Waals surface area contributed by atoms with Gasteiger partial charge in [0.1, 0.15) is 29.9 Å². The van der Waals surface area contributed by atoms with Crippen LogP contribution in [0.3, 0.4) is 0 Å². The number of hydrogen-bond donors (Lipinski definition) is 1. The Bertz CT molecular complexity index is 1690. The van der Waals surface area contributed by atoms with Crippen molar-refractivity contribution in [1.29, 1.82) is 5.26 Å². The van der Waals surface area contributed by atoms with Crippen LogP contribution < -0.4 is 14.8 Å². The van der Waals surface area contributed by atoms with E-state index in [1.807, 2.05) is 29.9 Å². The number of ether oxygens (including phenoxy) is 4. The van der Waals surface area contributed by atoms with Crippen molar-refractivity contribution in [1.82, 2.24) is 44.9 Å². The van der Waals surface area contributed by atoms with Crippen LogP contribution in [0, 0.1) is 17.2 Å². The summed E-state index contributed by atoms with van der Waals surface area (Å²) in [7, 11) is 1.69. The second kappa shape index (κ2) is 16.4. The normalized spacial score (nSPS) is 22.4. The van der Waals surface area contributed by atoms with E-state index in [1.165, 1.54) is 6.33 Å². The molecule has 4 atom stereocenters. The van der Waals surface area contributed by atoms with Crippen LogP contribution in [0.5, 0.6) is 11.6 Å². The van der Waals surface area contributed by atoms with E-state index in [2.05, 4.69) is 62.6 Å². The molecule has 1 unspecified atom stereocenters. The SMILES string of the molecule is COCC(C)COc1nn(C2CCC(N3C[C@@H](C)O[C@@H](C)C3)CC2)cc1Nc1ncc(-c2ccc(C#N)c(O[C@@H](C)Cn3cnnn3)c2)cn1. The standard InChI is InChI=1S/C35H47N11O4/c1-23(20-47-5)21-48-34-32(19-46(41-34)31-10-8-30(9-11-31)44-16-24(2)49-25(3)17-44)40-35-37-14-29(15-38-35)27-6-7-28(13-36)33(12-27)50-26(4)18-45-22-39-42-43-45/h6-7,12,14-15,19,22-26,30-31H,8-11,16-18,20-21H2,1-5H3,(H,37,38,40)/t23?,24-,25+,26-,30?,31?/m0/s1. The summed E-state index contributed by atoms with van der Waals surface area (Å²) in [5, 5.41) is 29.1. The molecule has 15 heteroatoms. The Morgan fingerprint density at radius 3 is 2.44 bits per heavy atom. The fourth-order valence-electron chi connectivity index (χ4n) is 6.85. The van der Waals surface area contributed by atoms with Crippen LogP contribution in [-0.2, 0) is 16.0 Å². The Labute approximate surface area is 292 Å². The van der Waals surface area contributed by atoms with Gasteiger partial charge in [-0.1, -0.05) is 13.0 Å². The van der Waals surface area contributed by atoms with Gasteiger partial charge in [0.2, 0.25) is 5.95 Å². The summed E-state index contributed by atoms with van der Waals surface area (Å²) in [6.07, 6.45) is 11.6. The zero-order valence-electron chi connectivity index (χ0n) is 29.5. The molecule has 0 spiro atoms. The van der Waals surface area contributed by atoms with Gasteiger partial charge in [0, 0.05) is 50.1 Å². The average molecular weight is 686 g/mol. The molecule has 3 aromatic heterocycles. The van der Waals surface area contributed by atoms with Crippen molar-refractivity contribution in [2.24, 2.45) is 5.92 Å². The Balaban J connectivity index is 1.14. The van der Waals surface area contributed by atoms with Gasteiger partial charge < -0.3 is 24.3 Å². The van der Waals surface area contributed by atoms with Crippen LogP contribution in [0.2, 0.25) is 0 Å². The smallest absolute Gasteiger partial charge is 0.256 e. The molecule has 50 heavy (non-hydrogen) atoms. The molecule has 2 fully saturated rings. The van der Waals surface area contributed by atoms with E-state index in [0.717, 1.165) is 49.9 Å². The van der Waals surface area contributed by atoms with Crippen molar-refractivity contribution in [3.8, 4) is 28.8 Å². The minimum atomic E-state index is -0.272. The van der Waals surface area contributed by atoms with E-state index in [1.54, 1.807) is 30.3 Å². The molecule has 2 aliphatic rings. The molecule has 1 saturated heterocycles. The second-order valence-electron chi connectivity index (χ2n) is 13.6. The van der Waals surface area contributed by atoms with Crippen molar-refractivity contribution in [3.63, 3.8) is 0 Å².